The minimum atomic E-state index is -0.902. The van der Waals surface area contributed by atoms with Crippen molar-refractivity contribution in [1.82, 2.24) is 5.32 Å². The molecule has 0 spiro atoms. The molecule has 20 heavy (non-hydrogen) atoms. The van der Waals surface area contributed by atoms with Crippen LogP contribution in [-0.2, 0) is 0 Å². The molecular weight excluding hydrogens is 274 g/mol. The topological polar surface area (TPSA) is 58.6 Å². The molecule has 5 heteroatoms. The van der Waals surface area contributed by atoms with E-state index in [9.17, 15) is 9.90 Å². The van der Waals surface area contributed by atoms with Crippen molar-refractivity contribution in [3.05, 3.63) is 29.8 Å². The molecule has 0 bridgehead atoms. The van der Waals surface area contributed by atoms with E-state index in [0.29, 0.717) is 17.1 Å². The summed E-state index contributed by atoms with van der Waals surface area (Å²) in [4.78, 5) is 12.0. The van der Waals surface area contributed by atoms with Crippen molar-refractivity contribution < 1.29 is 14.6 Å². The number of aliphatic hydroxyl groups is 1. The molecule has 1 amide bonds. The van der Waals surface area contributed by atoms with Crippen LogP contribution in [0.3, 0.4) is 0 Å². The minimum Gasteiger partial charge on any atom is -0.491 e. The summed E-state index contributed by atoms with van der Waals surface area (Å²) in [5.74, 6) is 1.04. The van der Waals surface area contributed by atoms with Gasteiger partial charge in [0.15, 0.2) is 0 Å². The van der Waals surface area contributed by atoms with Crippen molar-refractivity contribution in [1.29, 1.82) is 0 Å². The van der Waals surface area contributed by atoms with E-state index >= 15 is 0 Å². The maximum atomic E-state index is 12.0. The van der Waals surface area contributed by atoms with E-state index < -0.39 is 5.60 Å². The molecule has 112 valence electrons. The fraction of sp³-hybridized carbons (Fsp3) is 0.533. The maximum Gasteiger partial charge on any atom is 0.251 e. The highest BCUT2D eigenvalue weighted by molar-refractivity contribution is 7.98. The second-order valence-electron chi connectivity index (χ2n) is 5.31. The monoisotopic (exact) mass is 297 g/mol. The van der Waals surface area contributed by atoms with Crippen LogP contribution < -0.4 is 10.1 Å². The molecule has 1 aromatic carbocycles. The summed E-state index contributed by atoms with van der Waals surface area (Å²) >= 11 is 1.54. The molecule has 0 aliphatic heterocycles. The van der Waals surface area contributed by atoms with Crippen molar-refractivity contribution in [2.24, 2.45) is 0 Å². The van der Waals surface area contributed by atoms with Crippen LogP contribution in [0.15, 0.2) is 24.3 Å². The van der Waals surface area contributed by atoms with Crippen molar-refractivity contribution >= 4 is 17.7 Å². The molecule has 0 aromatic heterocycles. The lowest BCUT2D eigenvalue weighted by Crippen LogP contribution is -2.42. The molecule has 0 saturated carbocycles. The van der Waals surface area contributed by atoms with Crippen molar-refractivity contribution in [2.75, 3.05) is 18.6 Å². The molecule has 1 aromatic rings. The highest BCUT2D eigenvalue weighted by atomic mass is 32.2. The van der Waals surface area contributed by atoms with Crippen LogP contribution in [0.25, 0.3) is 0 Å². The highest BCUT2D eigenvalue weighted by Gasteiger charge is 2.20. The Morgan fingerprint density at radius 3 is 2.80 bits per heavy atom. The Bertz CT molecular complexity index is 446. The lowest BCUT2D eigenvalue weighted by molar-refractivity contribution is 0.0725. The van der Waals surface area contributed by atoms with Gasteiger partial charge < -0.3 is 15.2 Å². The first-order chi connectivity index (χ1) is 9.34. The van der Waals surface area contributed by atoms with E-state index in [1.807, 2.05) is 26.2 Å². The number of carbonyl (C=O) groups excluding carboxylic acids is 1. The number of rotatable bonds is 7. The molecule has 1 unspecified atom stereocenters. The Kier molecular flexibility index (Phi) is 6.36. The van der Waals surface area contributed by atoms with Crippen LogP contribution in [-0.4, -0.2) is 41.3 Å². The number of nitrogens with one attached hydrogen (secondary N) is 1. The summed E-state index contributed by atoms with van der Waals surface area (Å²) in [6.07, 6.45) is 1.99. The van der Waals surface area contributed by atoms with Gasteiger partial charge in [0.05, 0.1) is 11.7 Å². The number of hydrogen-bond acceptors (Lipinski definition) is 4. The van der Waals surface area contributed by atoms with Crippen molar-refractivity contribution in [3.63, 3.8) is 0 Å². The van der Waals surface area contributed by atoms with Gasteiger partial charge in [0.2, 0.25) is 0 Å². The molecule has 0 aliphatic carbocycles. The molecule has 0 aliphatic rings. The Balaban J connectivity index is 2.63. The summed E-state index contributed by atoms with van der Waals surface area (Å²) < 4.78 is 5.56. The number of ether oxygens (including phenoxy) is 1. The van der Waals surface area contributed by atoms with Gasteiger partial charge in [-0.1, -0.05) is 6.07 Å². The molecule has 1 rings (SSSR count). The number of benzene rings is 1. The molecule has 2 N–H and O–H groups in total. The summed E-state index contributed by atoms with van der Waals surface area (Å²) in [6.45, 7) is 5.81. The standard InChI is InChI=1S/C15H23NO3S/c1-11(2)19-13-7-5-6-12(8-13)14(17)16-9-15(3,18)10-20-4/h5-8,11,18H,9-10H2,1-4H3,(H,16,17). The third-order valence-corrected chi connectivity index (χ3v) is 3.46. The van der Waals surface area contributed by atoms with Crippen LogP contribution in [0.2, 0.25) is 0 Å². The first kappa shape index (κ1) is 16.9. The third kappa shape index (κ3) is 5.84. The van der Waals surface area contributed by atoms with Crippen LogP contribution in [0, 0.1) is 0 Å². The van der Waals surface area contributed by atoms with E-state index in [-0.39, 0.29) is 18.6 Å². The van der Waals surface area contributed by atoms with Gasteiger partial charge in [-0.15, -0.1) is 0 Å². The number of carbonyl (C=O) groups is 1. The highest BCUT2D eigenvalue weighted by Crippen LogP contribution is 2.15. The van der Waals surface area contributed by atoms with Gasteiger partial charge in [0, 0.05) is 17.9 Å². The van der Waals surface area contributed by atoms with E-state index in [2.05, 4.69) is 5.32 Å². The lowest BCUT2D eigenvalue weighted by Gasteiger charge is -2.22. The fourth-order valence-corrected chi connectivity index (χ4v) is 2.44. The first-order valence-corrected chi connectivity index (χ1v) is 8.00. The number of hydrogen-bond donors (Lipinski definition) is 2. The summed E-state index contributed by atoms with van der Waals surface area (Å²) in [7, 11) is 0. The molecular formula is C15H23NO3S. The smallest absolute Gasteiger partial charge is 0.251 e. The first-order valence-electron chi connectivity index (χ1n) is 6.60. The van der Waals surface area contributed by atoms with Gasteiger partial charge in [-0.05, 0) is 45.2 Å². The van der Waals surface area contributed by atoms with Crippen LogP contribution in [0.5, 0.6) is 5.75 Å². The molecule has 4 nitrogen and oxygen atoms in total. The van der Waals surface area contributed by atoms with Crippen molar-refractivity contribution in [2.45, 2.75) is 32.5 Å². The Hall–Kier alpha value is -1.20. The average molecular weight is 297 g/mol. The largest absolute Gasteiger partial charge is 0.491 e. The molecule has 0 saturated heterocycles. The molecule has 0 heterocycles. The number of thioether (sulfide) groups is 1. The molecule has 0 radical (unpaired) electrons. The van der Waals surface area contributed by atoms with Gasteiger partial charge in [-0.3, -0.25) is 4.79 Å². The average Bonchev–Trinajstić information content (AvgIpc) is 2.35. The zero-order valence-electron chi connectivity index (χ0n) is 12.5. The maximum absolute atomic E-state index is 12.0. The minimum absolute atomic E-state index is 0.0654. The van der Waals surface area contributed by atoms with E-state index in [1.54, 1.807) is 36.9 Å². The normalized spacial score (nSPS) is 13.9. The molecule has 1 atom stereocenters. The summed E-state index contributed by atoms with van der Waals surface area (Å²) in [5.41, 5.74) is -0.371. The van der Waals surface area contributed by atoms with Crippen molar-refractivity contribution in [3.8, 4) is 5.75 Å². The van der Waals surface area contributed by atoms with E-state index in [4.69, 9.17) is 4.74 Å². The fourth-order valence-electron chi connectivity index (χ4n) is 1.72. The molecule has 0 fully saturated rings. The summed E-state index contributed by atoms with van der Waals surface area (Å²) in [6, 6.07) is 7.04. The van der Waals surface area contributed by atoms with Crippen LogP contribution >= 0.6 is 11.8 Å². The zero-order valence-corrected chi connectivity index (χ0v) is 13.3. The van der Waals surface area contributed by atoms with Gasteiger partial charge in [-0.25, -0.2) is 0 Å². The van der Waals surface area contributed by atoms with Crippen LogP contribution in [0.1, 0.15) is 31.1 Å². The van der Waals surface area contributed by atoms with E-state index in [1.165, 1.54) is 0 Å². The van der Waals surface area contributed by atoms with E-state index in [0.717, 1.165) is 0 Å². The number of amides is 1. The third-order valence-electron chi connectivity index (χ3n) is 2.55. The predicted molar refractivity (Wildman–Crippen MR) is 83.5 cm³/mol. The van der Waals surface area contributed by atoms with Gasteiger partial charge in [0.1, 0.15) is 5.75 Å². The van der Waals surface area contributed by atoms with Gasteiger partial charge in [0.25, 0.3) is 5.91 Å². The lowest BCUT2D eigenvalue weighted by atomic mass is 10.1. The van der Waals surface area contributed by atoms with Crippen LogP contribution in [0.4, 0.5) is 0 Å². The quantitative estimate of drug-likeness (QED) is 0.811. The Labute approximate surface area is 124 Å². The SMILES string of the molecule is CSCC(C)(O)CNC(=O)c1cccc(OC(C)C)c1. The Morgan fingerprint density at radius 2 is 2.20 bits per heavy atom. The second kappa shape index (κ2) is 7.55. The predicted octanol–water partition coefficient (Wildman–Crippen LogP) is 2.32. The van der Waals surface area contributed by atoms with Gasteiger partial charge in [-0.2, -0.15) is 11.8 Å². The van der Waals surface area contributed by atoms with Gasteiger partial charge >= 0.3 is 0 Å². The summed E-state index contributed by atoms with van der Waals surface area (Å²) in [5, 5.41) is 12.8. The second-order valence-corrected chi connectivity index (χ2v) is 6.17. The zero-order chi connectivity index (χ0) is 15.2. The Morgan fingerprint density at radius 1 is 1.50 bits per heavy atom.